The summed E-state index contributed by atoms with van der Waals surface area (Å²) in [4.78, 5) is 36.7. The van der Waals surface area contributed by atoms with Crippen molar-refractivity contribution in [3.63, 3.8) is 0 Å². The zero-order chi connectivity index (χ0) is 21.1. The van der Waals surface area contributed by atoms with Crippen molar-refractivity contribution in [2.75, 3.05) is 5.32 Å². The number of rotatable bonds is 7. The molecule has 0 spiro atoms. The van der Waals surface area contributed by atoms with Gasteiger partial charge in [0.25, 0.3) is 0 Å². The van der Waals surface area contributed by atoms with Crippen LogP contribution in [0, 0.1) is 17.0 Å². The largest absolute Gasteiger partial charge is 0.459 e. The lowest BCUT2D eigenvalue weighted by atomic mass is 9.95. The number of aromatic nitrogens is 2. The molecule has 0 saturated carbocycles. The molecular weight excluding hydrogens is 396 g/mol. The fourth-order valence-corrected chi connectivity index (χ4v) is 4.64. The Morgan fingerprint density at radius 2 is 2.10 bits per heavy atom. The molecule has 2 aromatic rings. The van der Waals surface area contributed by atoms with Gasteiger partial charge in [0.2, 0.25) is 5.91 Å². The summed E-state index contributed by atoms with van der Waals surface area (Å²) in [6, 6.07) is 0. The minimum atomic E-state index is -0.498. The summed E-state index contributed by atoms with van der Waals surface area (Å²) in [5, 5.41) is 18.3. The Balaban J connectivity index is 1.72. The van der Waals surface area contributed by atoms with E-state index in [0.29, 0.717) is 16.3 Å². The Morgan fingerprint density at radius 3 is 2.76 bits per heavy atom. The van der Waals surface area contributed by atoms with Gasteiger partial charge in [-0.3, -0.25) is 19.6 Å². The van der Waals surface area contributed by atoms with E-state index < -0.39 is 10.9 Å². The van der Waals surface area contributed by atoms with Crippen LogP contribution in [0.2, 0.25) is 0 Å². The summed E-state index contributed by atoms with van der Waals surface area (Å²) < 4.78 is 6.78. The van der Waals surface area contributed by atoms with Crippen LogP contribution in [-0.4, -0.2) is 32.7 Å². The van der Waals surface area contributed by atoms with E-state index in [2.05, 4.69) is 10.4 Å². The number of anilines is 1. The molecule has 0 bridgehead atoms. The zero-order valence-corrected chi connectivity index (χ0v) is 17.5. The summed E-state index contributed by atoms with van der Waals surface area (Å²) in [5.41, 5.74) is 1.69. The number of thiophene rings is 1. The van der Waals surface area contributed by atoms with Gasteiger partial charge in [-0.1, -0.05) is 0 Å². The second kappa shape index (κ2) is 8.73. The molecule has 29 heavy (non-hydrogen) atoms. The number of amides is 1. The topological polar surface area (TPSA) is 116 Å². The highest BCUT2D eigenvalue weighted by molar-refractivity contribution is 7.17. The highest BCUT2D eigenvalue weighted by Crippen LogP contribution is 2.38. The van der Waals surface area contributed by atoms with Gasteiger partial charge in [0, 0.05) is 17.8 Å². The average Bonchev–Trinajstić information content (AvgIpc) is 3.19. The van der Waals surface area contributed by atoms with Crippen molar-refractivity contribution in [2.24, 2.45) is 0 Å². The number of hydrogen-bond acceptors (Lipinski definition) is 7. The van der Waals surface area contributed by atoms with E-state index in [1.807, 2.05) is 0 Å². The molecule has 1 N–H and O–H groups in total. The Kier molecular flexibility index (Phi) is 6.31. The maximum Gasteiger partial charge on any atom is 0.341 e. The minimum Gasteiger partial charge on any atom is -0.459 e. The molecule has 1 aliphatic rings. The first-order valence-corrected chi connectivity index (χ1v) is 10.4. The van der Waals surface area contributed by atoms with Crippen LogP contribution in [0.3, 0.4) is 0 Å². The number of hydrogen-bond donors (Lipinski definition) is 1. The summed E-state index contributed by atoms with van der Waals surface area (Å²) in [7, 11) is 0. The summed E-state index contributed by atoms with van der Waals surface area (Å²) in [5.74, 6) is -0.689. The van der Waals surface area contributed by atoms with Crippen LogP contribution in [0.15, 0.2) is 6.20 Å². The number of nitrogens with one attached hydrogen (secondary N) is 1. The Labute approximate surface area is 172 Å². The fourth-order valence-electron chi connectivity index (χ4n) is 3.35. The molecule has 0 unspecified atom stereocenters. The van der Waals surface area contributed by atoms with Crippen LogP contribution in [0.4, 0.5) is 10.7 Å². The van der Waals surface area contributed by atoms with Crippen LogP contribution in [-0.2, 0) is 28.9 Å². The van der Waals surface area contributed by atoms with E-state index in [-0.39, 0.29) is 30.7 Å². The molecule has 156 valence electrons. The number of nitrogens with zero attached hydrogens (tertiary/aromatic N) is 3. The van der Waals surface area contributed by atoms with Crippen molar-refractivity contribution in [1.82, 2.24) is 9.78 Å². The van der Waals surface area contributed by atoms with Crippen LogP contribution in [0.5, 0.6) is 0 Å². The first-order valence-electron chi connectivity index (χ1n) is 9.60. The number of nitro groups is 1. The lowest BCUT2D eigenvalue weighted by molar-refractivity contribution is -0.385. The Hall–Kier alpha value is -2.75. The van der Waals surface area contributed by atoms with Crippen LogP contribution >= 0.6 is 11.3 Å². The molecule has 0 fully saturated rings. The third-order valence-electron chi connectivity index (χ3n) is 4.66. The fraction of sp³-hybridized carbons (Fsp3) is 0.526. The summed E-state index contributed by atoms with van der Waals surface area (Å²) >= 11 is 1.43. The maximum atomic E-state index is 12.6. The van der Waals surface area contributed by atoms with Gasteiger partial charge in [0.05, 0.1) is 16.6 Å². The monoisotopic (exact) mass is 420 g/mol. The third-order valence-corrected chi connectivity index (χ3v) is 5.86. The van der Waals surface area contributed by atoms with Gasteiger partial charge in [-0.15, -0.1) is 11.3 Å². The van der Waals surface area contributed by atoms with Crippen molar-refractivity contribution in [3.05, 3.63) is 38.0 Å². The van der Waals surface area contributed by atoms with Crippen molar-refractivity contribution < 1.29 is 19.2 Å². The molecule has 9 nitrogen and oxygen atoms in total. The number of carbonyl (C=O) groups excluding carboxylic acids is 2. The summed E-state index contributed by atoms with van der Waals surface area (Å²) in [6.07, 6.45) is 4.93. The minimum absolute atomic E-state index is 0.0740. The molecular formula is C19H24N4O5S. The molecule has 2 heterocycles. The Morgan fingerprint density at radius 1 is 1.38 bits per heavy atom. The zero-order valence-electron chi connectivity index (χ0n) is 16.7. The molecule has 0 atom stereocenters. The molecule has 1 aliphatic carbocycles. The normalized spacial score (nSPS) is 13.2. The van der Waals surface area contributed by atoms with Crippen molar-refractivity contribution in [2.45, 2.75) is 65.5 Å². The van der Waals surface area contributed by atoms with Gasteiger partial charge < -0.3 is 10.1 Å². The molecule has 0 radical (unpaired) electrons. The van der Waals surface area contributed by atoms with Crippen molar-refractivity contribution in [3.8, 4) is 0 Å². The molecule has 3 rings (SSSR count). The quantitative estimate of drug-likeness (QED) is 0.415. The van der Waals surface area contributed by atoms with E-state index in [0.717, 1.165) is 36.1 Å². The molecule has 2 aromatic heterocycles. The lowest BCUT2D eigenvalue weighted by Gasteiger charge is -2.14. The lowest BCUT2D eigenvalue weighted by Crippen LogP contribution is -2.18. The second-order valence-corrected chi connectivity index (χ2v) is 8.39. The maximum absolute atomic E-state index is 12.6. The summed E-state index contributed by atoms with van der Waals surface area (Å²) in [6.45, 7) is 5.34. The van der Waals surface area contributed by atoms with Crippen LogP contribution in [0.25, 0.3) is 0 Å². The predicted octanol–water partition coefficient (Wildman–Crippen LogP) is 3.63. The van der Waals surface area contributed by atoms with E-state index >= 15 is 0 Å². The van der Waals surface area contributed by atoms with Gasteiger partial charge in [-0.25, -0.2) is 4.79 Å². The molecule has 1 amide bonds. The third kappa shape index (κ3) is 4.81. The number of carbonyl (C=O) groups is 2. The van der Waals surface area contributed by atoms with Crippen LogP contribution < -0.4 is 5.32 Å². The number of ether oxygens (including phenoxy) is 1. The van der Waals surface area contributed by atoms with E-state index in [4.69, 9.17) is 4.74 Å². The highest BCUT2D eigenvalue weighted by atomic mass is 32.1. The van der Waals surface area contributed by atoms with Gasteiger partial charge in [-0.05, 0) is 52.0 Å². The van der Waals surface area contributed by atoms with E-state index in [1.54, 1.807) is 20.8 Å². The smallest absolute Gasteiger partial charge is 0.341 e. The van der Waals surface area contributed by atoms with Gasteiger partial charge in [-0.2, -0.15) is 5.10 Å². The van der Waals surface area contributed by atoms with Gasteiger partial charge >= 0.3 is 11.7 Å². The number of fused-ring (bicyclic) bond motifs is 1. The average molecular weight is 420 g/mol. The molecule has 0 saturated heterocycles. The molecule has 0 aromatic carbocycles. The number of aryl methyl sites for hydroxylation is 3. The van der Waals surface area contributed by atoms with Crippen molar-refractivity contribution in [1.29, 1.82) is 0 Å². The van der Waals surface area contributed by atoms with Crippen LogP contribution in [0.1, 0.15) is 59.6 Å². The highest BCUT2D eigenvalue weighted by Gasteiger charge is 2.28. The standard InChI is InChI=1S/C19H24N4O5S/c1-11(2)28-19(25)17-13-6-4-5-7-15(13)29-18(17)20-16(24)8-9-22-10-14(23(26)27)12(3)21-22/h10-11H,4-9H2,1-3H3,(H,20,24). The first kappa shape index (κ1) is 21.0. The van der Waals surface area contributed by atoms with Gasteiger partial charge in [0.15, 0.2) is 0 Å². The first-order chi connectivity index (χ1) is 13.8. The molecule has 0 aliphatic heterocycles. The Bertz CT molecular complexity index is 947. The number of esters is 1. The van der Waals surface area contributed by atoms with Gasteiger partial charge in [0.1, 0.15) is 16.9 Å². The SMILES string of the molecule is Cc1nn(CCC(=O)Nc2sc3c(c2C(=O)OC(C)C)CCCC3)cc1[N+](=O)[O-]. The van der Waals surface area contributed by atoms with Crippen molar-refractivity contribution >= 4 is 33.9 Å². The van der Waals surface area contributed by atoms with E-state index in [9.17, 15) is 19.7 Å². The second-order valence-electron chi connectivity index (χ2n) is 7.29. The molecule has 10 heteroatoms. The predicted molar refractivity (Wildman–Crippen MR) is 108 cm³/mol. The van der Waals surface area contributed by atoms with E-state index in [1.165, 1.54) is 22.2 Å².